The molecule has 2 heterocycles. The summed E-state index contributed by atoms with van der Waals surface area (Å²) < 4.78 is 22.0. The van der Waals surface area contributed by atoms with E-state index in [9.17, 15) is 8.42 Å². The minimum absolute atomic E-state index is 0.0609. The number of sulfonamides is 1. The van der Waals surface area contributed by atoms with E-state index >= 15 is 0 Å². The molecule has 1 saturated heterocycles. The van der Waals surface area contributed by atoms with E-state index in [1.807, 2.05) is 0 Å². The molecular formula is C10H15ClN4O2S. The number of piperidine rings is 1. The van der Waals surface area contributed by atoms with Gasteiger partial charge < -0.3 is 4.90 Å². The Labute approximate surface area is 111 Å². The second-order valence-corrected chi connectivity index (χ2v) is 6.51. The standard InChI is InChI=1S/C10H15ClN4O2S/c11-9-5-10(14-7-13-9)15-3-1-8(2-4-15)6-18(12,16)17/h5,7-8H,1-4,6H2,(H2,12,16,17). The van der Waals surface area contributed by atoms with Crippen molar-refractivity contribution in [1.82, 2.24) is 9.97 Å². The lowest BCUT2D eigenvalue weighted by atomic mass is 9.99. The molecule has 0 aromatic carbocycles. The van der Waals surface area contributed by atoms with Crippen LogP contribution in [0.1, 0.15) is 12.8 Å². The fourth-order valence-electron chi connectivity index (χ4n) is 2.15. The monoisotopic (exact) mass is 290 g/mol. The van der Waals surface area contributed by atoms with Crippen LogP contribution >= 0.6 is 11.6 Å². The molecule has 8 heteroatoms. The second kappa shape index (κ2) is 5.38. The normalized spacial score (nSPS) is 18.0. The SMILES string of the molecule is NS(=O)(=O)CC1CCN(c2cc(Cl)ncn2)CC1. The van der Waals surface area contributed by atoms with Crippen LogP contribution < -0.4 is 10.0 Å². The van der Waals surface area contributed by atoms with Gasteiger partial charge in [0.1, 0.15) is 17.3 Å². The van der Waals surface area contributed by atoms with E-state index in [1.54, 1.807) is 6.07 Å². The second-order valence-electron chi connectivity index (χ2n) is 4.46. The Morgan fingerprint density at radius 3 is 2.61 bits per heavy atom. The first-order valence-electron chi connectivity index (χ1n) is 5.67. The third kappa shape index (κ3) is 3.79. The summed E-state index contributed by atoms with van der Waals surface area (Å²) in [4.78, 5) is 10.1. The van der Waals surface area contributed by atoms with E-state index in [1.165, 1.54) is 6.33 Å². The van der Waals surface area contributed by atoms with Crippen LogP contribution in [0.5, 0.6) is 0 Å². The molecule has 0 unspecified atom stereocenters. The van der Waals surface area contributed by atoms with Crippen molar-refractivity contribution in [2.24, 2.45) is 11.1 Å². The molecule has 2 rings (SSSR count). The van der Waals surface area contributed by atoms with Gasteiger partial charge in [0.15, 0.2) is 0 Å². The number of nitrogens with two attached hydrogens (primary N) is 1. The highest BCUT2D eigenvalue weighted by Gasteiger charge is 2.23. The number of hydrogen-bond acceptors (Lipinski definition) is 5. The highest BCUT2D eigenvalue weighted by Crippen LogP contribution is 2.23. The number of nitrogens with zero attached hydrogens (tertiary/aromatic N) is 3. The molecular weight excluding hydrogens is 276 g/mol. The van der Waals surface area contributed by atoms with Crippen LogP contribution in [0.2, 0.25) is 5.15 Å². The minimum atomic E-state index is -3.38. The molecule has 1 aromatic rings. The third-order valence-corrected chi connectivity index (χ3v) is 4.17. The summed E-state index contributed by atoms with van der Waals surface area (Å²) in [5, 5.41) is 5.46. The van der Waals surface area contributed by atoms with Gasteiger partial charge in [0.05, 0.1) is 5.75 Å². The van der Waals surface area contributed by atoms with Gasteiger partial charge >= 0.3 is 0 Å². The van der Waals surface area contributed by atoms with Crippen molar-refractivity contribution in [3.8, 4) is 0 Å². The number of rotatable bonds is 3. The summed E-state index contributed by atoms with van der Waals surface area (Å²) in [7, 11) is -3.38. The van der Waals surface area contributed by atoms with Crippen molar-refractivity contribution in [2.45, 2.75) is 12.8 Å². The number of primary sulfonamides is 1. The molecule has 0 aliphatic carbocycles. The lowest BCUT2D eigenvalue weighted by Crippen LogP contribution is -2.37. The van der Waals surface area contributed by atoms with Crippen LogP contribution in [0.3, 0.4) is 0 Å². The van der Waals surface area contributed by atoms with Crippen molar-refractivity contribution in [3.63, 3.8) is 0 Å². The molecule has 1 aromatic heterocycles. The zero-order chi connectivity index (χ0) is 13.2. The molecule has 100 valence electrons. The highest BCUT2D eigenvalue weighted by atomic mass is 35.5. The highest BCUT2D eigenvalue weighted by molar-refractivity contribution is 7.89. The van der Waals surface area contributed by atoms with Crippen LogP contribution in [-0.2, 0) is 10.0 Å². The quantitative estimate of drug-likeness (QED) is 0.825. The first-order chi connectivity index (χ1) is 8.44. The van der Waals surface area contributed by atoms with Gasteiger partial charge in [0.25, 0.3) is 0 Å². The van der Waals surface area contributed by atoms with Gasteiger partial charge in [0, 0.05) is 19.2 Å². The summed E-state index contributed by atoms with van der Waals surface area (Å²) in [5.41, 5.74) is 0. The average Bonchev–Trinajstić information content (AvgIpc) is 2.28. The summed E-state index contributed by atoms with van der Waals surface area (Å²) in [6.07, 6.45) is 3.00. The van der Waals surface area contributed by atoms with Crippen molar-refractivity contribution in [2.75, 3.05) is 23.7 Å². The largest absolute Gasteiger partial charge is 0.356 e. The van der Waals surface area contributed by atoms with E-state index in [4.69, 9.17) is 16.7 Å². The minimum Gasteiger partial charge on any atom is -0.356 e. The zero-order valence-electron chi connectivity index (χ0n) is 9.79. The molecule has 0 atom stereocenters. The van der Waals surface area contributed by atoms with Crippen molar-refractivity contribution < 1.29 is 8.42 Å². The molecule has 0 saturated carbocycles. The van der Waals surface area contributed by atoms with Gasteiger partial charge in [0.2, 0.25) is 10.0 Å². The first-order valence-corrected chi connectivity index (χ1v) is 7.76. The molecule has 0 spiro atoms. The van der Waals surface area contributed by atoms with Crippen LogP contribution in [0.15, 0.2) is 12.4 Å². The molecule has 1 aliphatic rings. The van der Waals surface area contributed by atoms with Crippen molar-refractivity contribution in [1.29, 1.82) is 0 Å². The van der Waals surface area contributed by atoms with E-state index in [2.05, 4.69) is 14.9 Å². The van der Waals surface area contributed by atoms with E-state index in [-0.39, 0.29) is 11.7 Å². The molecule has 0 radical (unpaired) electrons. The molecule has 0 amide bonds. The Balaban J connectivity index is 1.94. The summed E-state index contributed by atoms with van der Waals surface area (Å²) >= 11 is 5.81. The Bertz CT molecular complexity index is 514. The molecule has 1 aliphatic heterocycles. The van der Waals surface area contributed by atoms with Crippen LogP contribution in [0.25, 0.3) is 0 Å². The van der Waals surface area contributed by atoms with Crippen LogP contribution in [0, 0.1) is 5.92 Å². The van der Waals surface area contributed by atoms with E-state index in [0.29, 0.717) is 5.15 Å². The van der Waals surface area contributed by atoms with Crippen LogP contribution in [-0.4, -0.2) is 37.2 Å². The zero-order valence-corrected chi connectivity index (χ0v) is 11.4. The average molecular weight is 291 g/mol. The maximum atomic E-state index is 11.0. The maximum absolute atomic E-state index is 11.0. The summed E-state index contributed by atoms with van der Waals surface area (Å²) in [6.45, 7) is 1.51. The first kappa shape index (κ1) is 13.5. The number of halogens is 1. The summed E-state index contributed by atoms with van der Waals surface area (Å²) in [5.74, 6) is 0.975. The fraction of sp³-hybridized carbons (Fsp3) is 0.600. The topological polar surface area (TPSA) is 89.2 Å². The predicted octanol–water partition coefficient (Wildman–Crippen LogP) is 0.635. The van der Waals surface area contributed by atoms with Gasteiger partial charge in [-0.25, -0.2) is 23.5 Å². The number of hydrogen-bond donors (Lipinski definition) is 1. The Morgan fingerprint density at radius 1 is 1.39 bits per heavy atom. The molecule has 18 heavy (non-hydrogen) atoms. The summed E-state index contributed by atoms with van der Waals surface area (Å²) in [6, 6.07) is 1.71. The Kier molecular flexibility index (Phi) is 4.04. The Morgan fingerprint density at radius 2 is 2.06 bits per heavy atom. The van der Waals surface area contributed by atoms with Crippen molar-refractivity contribution in [3.05, 3.63) is 17.5 Å². The van der Waals surface area contributed by atoms with Crippen LogP contribution in [0.4, 0.5) is 5.82 Å². The lowest BCUT2D eigenvalue weighted by Gasteiger charge is -2.32. The van der Waals surface area contributed by atoms with Gasteiger partial charge in [-0.3, -0.25) is 0 Å². The predicted molar refractivity (Wildman–Crippen MR) is 70.0 cm³/mol. The molecule has 2 N–H and O–H groups in total. The number of aromatic nitrogens is 2. The van der Waals surface area contributed by atoms with Gasteiger partial charge in [-0.2, -0.15) is 0 Å². The molecule has 0 bridgehead atoms. The van der Waals surface area contributed by atoms with Crippen molar-refractivity contribution >= 4 is 27.4 Å². The number of anilines is 1. The molecule has 1 fully saturated rings. The Hall–Kier alpha value is -0.920. The molecule has 6 nitrogen and oxygen atoms in total. The van der Waals surface area contributed by atoms with Gasteiger partial charge in [-0.05, 0) is 18.8 Å². The fourth-order valence-corrected chi connectivity index (χ4v) is 3.29. The van der Waals surface area contributed by atoms with E-state index in [0.717, 1.165) is 31.7 Å². The van der Waals surface area contributed by atoms with Gasteiger partial charge in [-0.1, -0.05) is 11.6 Å². The van der Waals surface area contributed by atoms with Gasteiger partial charge in [-0.15, -0.1) is 0 Å². The lowest BCUT2D eigenvalue weighted by molar-refractivity contribution is 0.434. The maximum Gasteiger partial charge on any atom is 0.209 e. The van der Waals surface area contributed by atoms with E-state index < -0.39 is 10.0 Å². The third-order valence-electron chi connectivity index (χ3n) is 3.03. The smallest absolute Gasteiger partial charge is 0.209 e.